The molecule has 0 aliphatic rings. The van der Waals surface area contributed by atoms with Gasteiger partial charge >= 0.3 is 0 Å². The standard InChI is InChI=1S/C10H8Br.2ClH.Hf/c1-7-5-8-3-2-4-10(11)9(8)6-7;;;/h2-6H,1H3;2*1H;/q-1;;;. The summed E-state index contributed by atoms with van der Waals surface area (Å²) >= 11 is 3.51. The zero-order valence-electron chi connectivity index (χ0n) is 7.58. The summed E-state index contributed by atoms with van der Waals surface area (Å²) < 4.78 is 1.18. The van der Waals surface area contributed by atoms with Crippen molar-refractivity contribution in [2.45, 2.75) is 6.92 Å². The number of fused-ring (bicyclic) bond motifs is 1. The Labute approximate surface area is 124 Å². The first kappa shape index (κ1) is 17.2. The zero-order chi connectivity index (χ0) is 7.84. The van der Waals surface area contributed by atoms with Crippen LogP contribution in [-0.4, -0.2) is 0 Å². The zero-order valence-corrected chi connectivity index (χ0v) is 14.4. The van der Waals surface area contributed by atoms with E-state index in [1.807, 2.05) is 0 Å². The molecule has 0 heterocycles. The largest absolute Gasteiger partial charge is 0.164 e. The molecule has 0 aliphatic heterocycles. The van der Waals surface area contributed by atoms with Gasteiger partial charge in [0.1, 0.15) is 0 Å². The van der Waals surface area contributed by atoms with Gasteiger partial charge in [0.15, 0.2) is 0 Å². The Hall–Kier alpha value is 0.760. The number of rotatable bonds is 0. The van der Waals surface area contributed by atoms with E-state index in [1.54, 1.807) is 0 Å². The maximum Gasteiger partial charge on any atom is 0 e. The molecule has 76 valence electrons. The van der Waals surface area contributed by atoms with Crippen LogP contribution in [0.4, 0.5) is 0 Å². The molecule has 0 saturated carbocycles. The van der Waals surface area contributed by atoms with Crippen LogP contribution in [0.5, 0.6) is 0 Å². The minimum absolute atomic E-state index is 0. The predicted molar refractivity (Wildman–Crippen MR) is 66.5 cm³/mol. The quantitative estimate of drug-likeness (QED) is 0.403. The van der Waals surface area contributed by atoms with Crippen LogP contribution in [0.1, 0.15) is 5.56 Å². The number of hydrogen-bond donors (Lipinski definition) is 0. The molecule has 0 fully saturated rings. The average Bonchev–Trinajstić information content (AvgIpc) is 2.31. The van der Waals surface area contributed by atoms with E-state index < -0.39 is 0 Å². The molecule has 14 heavy (non-hydrogen) atoms. The molecule has 0 bridgehead atoms. The first-order valence-corrected chi connectivity index (χ1v) is 4.38. The van der Waals surface area contributed by atoms with Gasteiger partial charge in [-0.3, -0.25) is 0 Å². The topological polar surface area (TPSA) is 0 Å². The first-order valence-electron chi connectivity index (χ1n) is 3.59. The van der Waals surface area contributed by atoms with Crippen molar-refractivity contribution in [1.82, 2.24) is 0 Å². The molecule has 0 atom stereocenters. The average molecular weight is 459 g/mol. The van der Waals surface area contributed by atoms with Gasteiger partial charge < -0.3 is 0 Å². The van der Waals surface area contributed by atoms with Crippen molar-refractivity contribution in [3.8, 4) is 0 Å². The normalized spacial score (nSPS) is 8.43. The number of hydrogen-bond acceptors (Lipinski definition) is 0. The van der Waals surface area contributed by atoms with Gasteiger partial charge in [0.25, 0.3) is 0 Å². The van der Waals surface area contributed by atoms with Crippen LogP contribution in [-0.2, 0) is 25.8 Å². The van der Waals surface area contributed by atoms with E-state index in [4.69, 9.17) is 0 Å². The SMILES string of the molecule is Cc1cc2c(Br)cccc2[cH-]1.Cl.Cl.[Hf]. The predicted octanol–water partition coefficient (Wildman–Crippen LogP) is 4.47. The Balaban J connectivity index is 0. The van der Waals surface area contributed by atoms with Gasteiger partial charge in [-0.1, -0.05) is 28.9 Å². The summed E-state index contributed by atoms with van der Waals surface area (Å²) in [6.45, 7) is 2.12. The molecule has 0 N–H and O–H groups in total. The second kappa shape index (κ2) is 7.10. The van der Waals surface area contributed by atoms with Gasteiger partial charge in [-0.05, 0) is 4.47 Å². The molecule has 0 amide bonds. The summed E-state index contributed by atoms with van der Waals surface area (Å²) in [5.41, 5.74) is 1.33. The molecule has 2 aromatic carbocycles. The Morgan fingerprint density at radius 1 is 1.21 bits per heavy atom. The monoisotopic (exact) mass is 459 g/mol. The summed E-state index contributed by atoms with van der Waals surface area (Å²) in [7, 11) is 0. The van der Waals surface area contributed by atoms with Crippen LogP contribution in [0.3, 0.4) is 0 Å². The van der Waals surface area contributed by atoms with E-state index in [-0.39, 0.29) is 50.7 Å². The molecule has 2 aromatic rings. The molecular weight excluding hydrogens is 449 g/mol. The summed E-state index contributed by atoms with van der Waals surface area (Å²) in [5.74, 6) is 0. The Morgan fingerprint density at radius 3 is 2.43 bits per heavy atom. The van der Waals surface area contributed by atoms with Crippen LogP contribution < -0.4 is 0 Å². The van der Waals surface area contributed by atoms with Crippen LogP contribution >= 0.6 is 40.7 Å². The molecule has 2 rings (SSSR count). The summed E-state index contributed by atoms with van der Waals surface area (Å²) in [6, 6.07) is 10.7. The van der Waals surface area contributed by atoms with Crippen molar-refractivity contribution in [3.63, 3.8) is 0 Å². The molecule has 0 unspecified atom stereocenters. The van der Waals surface area contributed by atoms with E-state index in [2.05, 4.69) is 53.2 Å². The van der Waals surface area contributed by atoms with Gasteiger partial charge in [-0.2, -0.15) is 6.07 Å². The van der Waals surface area contributed by atoms with E-state index >= 15 is 0 Å². The van der Waals surface area contributed by atoms with E-state index in [9.17, 15) is 0 Å². The fourth-order valence-electron chi connectivity index (χ4n) is 1.35. The number of benzene rings is 1. The van der Waals surface area contributed by atoms with Crippen molar-refractivity contribution >= 4 is 51.5 Å². The number of halogens is 3. The van der Waals surface area contributed by atoms with Crippen molar-refractivity contribution in [1.29, 1.82) is 0 Å². The van der Waals surface area contributed by atoms with Gasteiger partial charge in [0.05, 0.1) is 0 Å². The molecular formula is C10H10BrCl2Hf-. The molecule has 0 aromatic heterocycles. The molecule has 0 radical (unpaired) electrons. The third kappa shape index (κ3) is 3.41. The van der Waals surface area contributed by atoms with Crippen molar-refractivity contribution in [2.75, 3.05) is 0 Å². The Kier molecular flexibility index (Phi) is 8.71. The molecule has 4 heteroatoms. The summed E-state index contributed by atoms with van der Waals surface area (Å²) in [4.78, 5) is 0. The third-order valence-electron chi connectivity index (χ3n) is 1.84. The van der Waals surface area contributed by atoms with Gasteiger partial charge in [-0.15, -0.1) is 59.3 Å². The van der Waals surface area contributed by atoms with Crippen LogP contribution in [0, 0.1) is 6.92 Å². The van der Waals surface area contributed by atoms with Crippen LogP contribution in [0.2, 0.25) is 0 Å². The summed E-state index contributed by atoms with van der Waals surface area (Å²) in [5, 5.41) is 2.63. The fourth-order valence-corrected chi connectivity index (χ4v) is 1.84. The minimum Gasteiger partial charge on any atom is -0.164 e. The van der Waals surface area contributed by atoms with E-state index in [0.29, 0.717) is 0 Å². The molecule has 0 nitrogen and oxygen atoms in total. The second-order valence-electron chi connectivity index (χ2n) is 2.78. The first-order chi connectivity index (χ1) is 5.27. The van der Waals surface area contributed by atoms with E-state index in [0.717, 1.165) is 0 Å². The molecule has 0 spiro atoms. The van der Waals surface area contributed by atoms with Gasteiger partial charge in [0.2, 0.25) is 0 Å². The van der Waals surface area contributed by atoms with Crippen molar-refractivity contribution < 1.29 is 25.8 Å². The third-order valence-corrected chi connectivity index (χ3v) is 2.53. The smallest absolute Gasteiger partial charge is 0 e. The molecule has 0 saturated heterocycles. The van der Waals surface area contributed by atoms with Crippen molar-refractivity contribution in [3.05, 3.63) is 40.4 Å². The Morgan fingerprint density at radius 2 is 1.86 bits per heavy atom. The van der Waals surface area contributed by atoms with Crippen LogP contribution in [0.15, 0.2) is 34.8 Å². The summed E-state index contributed by atoms with van der Waals surface area (Å²) in [6.07, 6.45) is 0. The number of aryl methyl sites for hydroxylation is 1. The fraction of sp³-hybridized carbons (Fsp3) is 0.100. The van der Waals surface area contributed by atoms with E-state index in [1.165, 1.54) is 20.8 Å². The van der Waals surface area contributed by atoms with Crippen molar-refractivity contribution in [2.24, 2.45) is 0 Å². The Bertz CT molecular complexity index is 398. The van der Waals surface area contributed by atoms with Crippen LogP contribution in [0.25, 0.3) is 10.8 Å². The van der Waals surface area contributed by atoms with Gasteiger partial charge in [0, 0.05) is 25.8 Å². The second-order valence-corrected chi connectivity index (χ2v) is 3.63. The maximum atomic E-state index is 3.51. The minimum atomic E-state index is 0. The van der Waals surface area contributed by atoms with Gasteiger partial charge in [-0.25, -0.2) is 0 Å². The molecule has 0 aliphatic carbocycles. The maximum absolute atomic E-state index is 3.51.